The van der Waals surface area contributed by atoms with Gasteiger partial charge in [-0.15, -0.1) is 0 Å². The number of para-hydroxylation sites is 1. The van der Waals surface area contributed by atoms with Gasteiger partial charge in [-0.25, -0.2) is 4.99 Å². The molecule has 2 rings (SSSR count). The van der Waals surface area contributed by atoms with Gasteiger partial charge in [0, 0.05) is 12.0 Å². The molecular formula is C13H18N2O3. The van der Waals surface area contributed by atoms with Gasteiger partial charge in [-0.1, -0.05) is 19.1 Å². The molecule has 5 nitrogen and oxygen atoms in total. The summed E-state index contributed by atoms with van der Waals surface area (Å²) in [6, 6.07) is 5.57. The second-order valence-corrected chi connectivity index (χ2v) is 4.25. The summed E-state index contributed by atoms with van der Waals surface area (Å²) in [6.45, 7) is 3.08. The van der Waals surface area contributed by atoms with Crippen LogP contribution in [0, 0.1) is 0 Å². The second-order valence-electron chi connectivity index (χ2n) is 4.25. The maximum Gasteiger partial charge on any atom is 0.282 e. The number of hydrogen-bond acceptors (Lipinski definition) is 5. The van der Waals surface area contributed by atoms with Crippen LogP contribution in [0.25, 0.3) is 0 Å². The van der Waals surface area contributed by atoms with E-state index in [9.17, 15) is 5.11 Å². The number of phenolic OH excluding ortho intramolecular Hbond substituents is 1. The highest BCUT2D eigenvalue weighted by molar-refractivity contribution is 5.73. The summed E-state index contributed by atoms with van der Waals surface area (Å²) >= 11 is 0. The minimum atomic E-state index is -0.00391. The highest BCUT2D eigenvalue weighted by atomic mass is 16.5. The Morgan fingerprint density at radius 1 is 1.56 bits per heavy atom. The number of hydrogen-bond donors (Lipinski definition) is 2. The standard InChI is InChI=1S/C13H18N2O3/c1-2-6-17-12-9(4-3-5-11(12)16)7-10-8-18-13(14)15-10/h3-5,10,16H,2,6-8H2,1H3,(H2,14,15)/t10-/m0/s1. The van der Waals surface area contributed by atoms with Crippen molar-refractivity contribution in [3.8, 4) is 11.5 Å². The topological polar surface area (TPSA) is 77.1 Å². The van der Waals surface area contributed by atoms with Crippen LogP contribution in [0.3, 0.4) is 0 Å². The lowest BCUT2D eigenvalue weighted by molar-refractivity contribution is 0.291. The molecular weight excluding hydrogens is 232 g/mol. The number of rotatable bonds is 5. The van der Waals surface area contributed by atoms with Crippen LogP contribution in [0.5, 0.6) is 11.5 Å². The van der Waals surface area contributed by atoms with Crippen molar-refractivity contribution in [2.45, 2.75) is 25.8 Å². The van der Waals surface area contributed by atoms with E-state index in [2.05, 4.69) is 4.99 Å². The maximum atomic E-state index is 9.83. The number of phenols is 1. The van der Waals surface area contributed by atoms with Gasteiger partial charge in [-0.3, -0.25) is 0 Å². The van der Waals surface area contributed by atoms with Crippen LogP contribution in [0.15, 0.2) is 23.2 Å². The van der Waals surface area contributed by atoms with Crippen molar-refractivity contribution in [2.24, 2.45) is 10.7 Å². The Labute approximate surface area is 106 Å². The predicted molar refractivity (Wildman–Crippen MR) is 69.0 cm³/mol. The van der Waals surface area contributed by atoms with Crippen molar-refractivity contribution >= 4 is 6.02 Å². The van der Waals surface area contributed by atoms with E-state index >= 15 is 0 Å². The quantitative estimate of drug-likeness (QED) is 0.829. The smallest absolute Gasteiger partial charge is 0.282 e. The van der Waals surface area contributed by atoms with Crippen LogP contribution in [-0.2, 0) is 11.2 Å². The average molecular weight is 250 g/mol. The van der Waals surface area contributed by atoms with Gasteiger partial charge in [0.05, 0.1) is 12.6 Å². The first kappa shape index (κ1) is 12.5. The second kappa shape index (κ2) is 5.62. The summed E-state index contributed by atoms with van der Waals surface area (Å²) in [5, 5.41) is 9.83. The summed E-state index contributed by atoms with van der Waals surface area (Å²) in [7, 11) is 0. The molecule has 0 bridgehead atoms. The third-order valence-electron chi connectivity index (χ3n) is 2.72. The average Bonchev–Trinajstić information content (AvgIpc) is 2.74. The molecule has 0 amide bonds. The summed E-state index contributed by atoms with van der Waals surface area (Å²) < 4.78 is 10.7. The van der Waals surface area contributed by atoms with E-state index < -0.39 is 0 Å². The molecule has 1 aromatic rings. The van der Waals surface area contributed by atoms with Gasteiger partial charge in [-0.2, -0.15) is 0 Å². The van der Waals surface area contributed by atoms with E-state index in [0.29, 0.717) is 25.4 Å². The van der Waals surface area contributed by atoms with E-state index in [-0.39, 0.29) is 17.8 Å². The molecule has 1 atom stereocenters. The molecule has 1 heterocycles. The number of aliphatic imine (C=N–C) groups is 1. The Morgan fingerprint density at radius 3 is 3.06 bits per heavy atom. The Hall–Kier alpha value is -1.91. The zero-order chi connectivity index (χ0) is 13.0. The highest BCUT2D eigenvalue weighted by Gasteiger charge is 2.20. The Bertz CT molecular complexity index is 446. The Kier molecular flexibility index (Phi) is 3.92. The first-order chi connectivity index (χ1) is 8.70. The zero-order valence-corrected chi connectivity index (χ0v) is 10.4. The fraction of sp³-hybridized carbons (Fsp3) is 0.462. The normalized spacial score (nSPS) is 18.3. The van der Waals surface area contributed by atoms with E-state index in [4.69, 9.17) is 15.2 Å². The van der Waals surface area contributed by atoms with Crippen molar-refractivity contribution in [3.63, 3.8) is 0 Å². The van der Waals surface area contributed by atoms with Crippen molar-refractivity contribution in [1.82, 2.24) is 0 Å². The van der Waals surface area contributed by atoms with Gasteiger partial charge >= 0.3 is 0 Å². The molecule has 0 radical (unpaired) electrons. The van der Waals surface area contributed by atoms with Crippen molar-refractivity contribution in [1.29, 1.82) is 0 Å². The lowest BCUT2D eigenvalue weighted by Gasteiger charge is -2.13. The SMILES string of the molecule is CCCOc1c(O)cccc1C[C@H]1COC(N)=N1. The van der Waals surface area contributed by atoms with Gasteiger partial charge in [0.2, 0.25) is 0 Å². The van der Waals surface area contributed by atoms with Gasteiger partial charge in [-0.05, 0) is 12.5 Å². The van der Waals surface area contributed by atoms with E-state index in [0.717, 1.165) is 12.0 Å². The van der Waals surface area contributed by atoms with E-state index in [1.165, 1.54) is 0 Å². The lowest BCUT2D eigenvalue weighted by atomic mass is 10.1. The molecule has 1 aliphatic heterocycles. The summed E-state index contributed by atoms with van der Waals surface area (Å²) in [6.07, 6.45) is 1.54. The van der Waals surface area contributed by atoms with Crippen LogP contribution in [-0.4, -0.2) is 30.4 Å². The summed E-state index contributed by atoms with van der Waals surface area (Å²) in [5.41, 5.74) is 6.40. The van der Waals surface area contributed by atoms with Crippen LogP contribution >= 0.6 is 0 Å². The van der Waals surface area contributed by atoms with Gasteiger partial charge in [0.25, 0.3) is 6.02 Å². The molecule has 0 unspecified atom stereocenters. The first-order valence-electron chi connectivity index (χ1n) is 6.10. The molecule has 0 spiro atoms. The van der Waals surface area contributed by atoms with Gasteiger partial charge in [0.15, 0.2) is 11.5 Å². The minimum absolute atomic E-state index is 0.00391. The predicted octanol–water partition coefficient (Wildman–Crippen LogP) is 1.44. The number of ether oxygens (including phenoxy) is 2. The fourth-order valence-electron chi connectivity index (χ4n) is 1.90. The van der Waals surface area contributed by atoms with Crippen LogP contribution in [0.4, 0.5) is 0 Å². The molecule has 98 valence electrons. The van der Waals surface area contributed by atoms with Crippen LogP contribution in [0.2, 0.25) is 0 Å². The maximum absolute atomic E-state index is 9.83. The molecule has 1 aromatic carbocycles. The molecule has 5 heteroatoms. The summed E-state index contributed by atoms with van der Waals surface area (Å²) in [5.74, 6) is 0.705. The minimum Gasteiger partial charge on any atom is -0.504 e. The Morgan fingerprint density at radius 2 is 2.39 bits per heavy atom. The number of aromatic hydroxyl groups is 1. The third kappa shape index (κ3) is 2.85. The highest BCUT2D eigenvalue weighted by Crippen LogP contribution is 2.31. The molecule has 3 N–H and O–H groups in total. The fourth-order valence-corrected chi connectivity index (χ4v) is 1.90. The third-order valence-corrected chi connectivity index (χ3v) is 2.72. The molecule has 1 aliphatic rings. The van der Waals surface area contributed by atoms with E-state index in [1.807, 2.05) is 13.0 Å². The molecule has 0 saturated heterocycles. The number of amidine groups is 1. The van der Waals surface area contributed by atoms with Crippen molar-refractivity contribution in [2.75, 3.05) is 13.2 Å². The lowest BCUT2D eigenvalue weighted by Crippen LogP contribution is -2.12. The van der Waals surface area contributed by atoms with Crippen LogP contribution < -0.4 is 10.5 Å². The first-order valence-corrected chi connectivity index (χ1v) is 6.10. The molecule has 0 aliphatic carbocycles. The molecule has 0 fully saturated rings. The number of benzene rings is 1. The zero-order valence-electron chi connectivity index (χ0n) is 10.4. The van der Waals surface area contributed by atoms with E-state index in [1.54, 1.807) is 12.1 Å². The van der Waals surface area contributed by atoms with Crippen molar-refractivity contribution < 1.29 is 14.6 Å². The monoisotopic (exact) mass is 250 g/mol. The number of nitrogens with two attached hydrogens (primary N) is 1. The molecule has 0 saturated carbocycles. The number of nitrogens with zero attached hydrogens (tertiary/aromatic N) is 1. The van der Waals surface area contributed by atoms with Crippen LogP contribution in [0.1, 0.15) is 18.9 Å². The van der Waals surface area contributed by atoms with Gasteiger partial charge in [0.1, 0.15) is 6.61 Å². The van der Waals surface area contributed by atoms with Gasteiger partial charge < -0.3 is 20.3 Å². The molecule has 18 heavy (non-hydrogen) atoms. The van der Waals surface area contributed by atoms with Crippen molar-refractivity contribution in [3.05, 3.63) is 23.8 Å². The molecule has 0 aromatic heterocycles. The largest absolute Gasteiger partial charge is 0.504 e. The summed E-state index contributed by atoms with van der Waals surface area (Å²) in [4.78, 5) is 4.17. The Balaban J connectivity index is 2.13.